The van der Waals surface area contributed by atoms with Crippen molar-refractivity contribution in [2.24, 2.45) is 0 Å². The molecule has 0 radical (unpaired) electrons. The lowest BCUT2D eigenvalue weighted by Gasteiger charge is -2.35. The number of ether oxygens (including phenoxy) is 1. The van der Waals surface area contributed by atoms with E-state index in [4.69, 9.17) is 4.74 Å². The Morgan fingerprint density at radius 3 is 2.74 bits per heavy atom. The van der Waals surface area contributed by atoms with Crippen LogP contribution < -0.4 is 10.1 Å². The number of benzene rings is 1. The van der Waals surface area contributed by atoms with Gasteiger partial charge in [-0.1, -0.05) is 18.2 Å². The Morgan fingerprint density at radius 1 is 1.37 bits per heavy atom. The van der Waals surface area contributed by atoms with Gasteiger partial charge in [0, 0.05) is 37.7 Å². The fourth-order valence-electron chi connectivity index (χ4n) is 2.79. The maximum absolute atomic E-state index is 6.12. The SMILES string of the molecule is CN(Cc1cccc2c1OC(C)(C)C2)C1CNC1.Cl. The highest BCUT2D eigenvalue weighted by Gasteiger charge is 2.32. The Hall–Kier alpha value is -0.770. The minimum absolute atomic E-state index is 0. The molecule has 2 heterocycles. The quantitative estimate of drug-likeness (QED) is 0.920. The lowest BCUT2D eigenvalue weighted by molar-refractivity contribution is 0.132. The molecule has 1 N–H and O–H groups in total. The van der Waals surface area contributed by atoms with E-state index in [-0.39, 0.29) is 18.0 Å². The molecule has 0 atom stereocenters. The molecule has 1 fully saturated rings. The average Bonchev–Trinajstić information content (AvgIpc) is 2.50. The van der Waals surface area contributed by atoms with Gasteiger partial charge in [-0.3, -0.25) is 4.90 Å². The van der Waals surface area contributed by atoms with Gasteiger partial charge in [0.1, 0.15) is 11.4 Å². The van der Waals surface area contributed by atoms with Gasteiger partial charge in [0.25, 0.3) is 0 Å². The second kappa shape index (κ2) is 5.31. The molecule has 2 aliphatic rings. The molecule has 1 aromatic rings. The van der Waals surface area contributed by atoms with E-state index in [0.29, 0.717) is 6.04 Å². The molecule has 19 heavy (non-hydrogen) atoms. The molecule has 106 valence electrons. The third-order valence-corrected chi connectivity index (χ3v) is 3.98. The summed E-state index contributed by atoms with van der Waals surface area (Å²) < 4.78 is 6.12. The fourth-order valence-corrected chi connectivity index (χ4v) is 2.79. The van der Waals surface area contributed by atoms with Crippen LogP contribution in [0.25, 0.3) is 0 Å². The highest BCUT2D eigenvalue weighted by molar-refractivity contribution is 5.85. The number of hydrogen-bond acceptors (Lipinski definition) is 3. The van der Waals surface area contributed by atoms with Crippen LogP contribution in [0, 0.1) is 0 Å². The first kappa shape index (κ1) is 14.6. The summed E-state index contributed by atoms with van der Waals surface area (Å²) in [6.45, 7) is 7.52. The molecular weight excluding hydrogens is 260 g/mol. The summed E-state index contributed by atoms with van der Waals surface area (Å²) in [7, 11) is 2.20. The van der Waals surface area contributed by atoms with Crippen LogP contribution in [0.5, 0.6) is 5.75 Å². The molecule has 2 aliphatic heterocycles. The van der Waals surface area contributed by atoms with Crippen molar-refractivity contribution in [1.82, 2.24) is 10.2 Å². The van der Waals surface area contributed by atoms with E-state index in [1.165, 1.54) is 11.1 Å². The minimum Gasteiger partial charge on any atom is -0.487 e. The third kappa shape index (κ3) is 2.88. The summed E-state index contributed by atoms with van der Waals surface area (Å²) in [5.74, 6) is 1.13. The summed E-state index contributed by atoms with van der Waals surface area (Å²) in [6, 6.07) is 7.22. The fraction of sp³-hybridized carbons (Fsp3) is 0.600. The van der Waals surface area contributed by atoms with Crippen molar-refractivity contribution < 1.29 is 4.74 Å². The van der Waals surface area contributed by atoms with E-state index in [2.05, 4.69) is 49.3 Å². The van der Waals surface area contributed by atoms with E-state index >= 15 is 0 Å². The normalized spacial score (nSPS) is 20.4. The smallest absolute Gasteiger partial charge is 0.127 e. The Kier molecular flexibility index (Phi) is 4.09. The van der Waals surface area contributed by atoms with Crippen LogP contribution in [0.2, 0.25) is 0 Å². The molecule has 1 saturated heterocycles. The van der Waals surface area contributed by atoms with Crippen molar-refractivity contribution >= 4 is 12.4 Å². The van der Waals surface area contributed by atoms with Gasteiger partial charge in [-0.05, 0) is 26.5 Å². The molecule has 1 aromatic carbocycles. The van der Waals surface area contributed by atoms with Crippen molar-refractivity contribution in [3.8, 4) is 5.75 Å². The van der Waals surface area contributed by atoms with Crippen LogP contribution >= 0.6 is 12.4 Å². The predicted molar refractivity (Wildman–Crippen MR) is 80.2 cm³/mol. The molecule has 3 rings (SSSR count). The lowest BCUT2D eigenvalue weighted by Crippen LogP contribution is -2.55. The molecule has 0 spiro atoms. The number of rotatable bonds is 3. The van der Waals surface area contributed by atoms with Crippen molar-refractivity contribution in [2.45, 2.75) is 38.5 Å². The molecule has 0 saturated carbocycles. The van der Waals surface area contributed by atoms with Gasteiger partial charge < -0.3 is 10.1 Å². The first-order chi connectivity index (χ1) is 8.55. The van der Waals surface area contributed by atoms with Crippen molar-refractivity contribution in [3.05, 3.63) is 29.3 Å². The predicted octanol–water partition coefficient (Wildman–Crippen LogP) is 2.23. The molecule has 0 amide bonds. The molecule has 0 unspecified atom stereocenters. The van der Waals surface area contributed by atoms with Crippen LogP contribution in [0.4, 0.5) is 0 Å². The third-order valence-electron chi connectivity index (χ3n) is 3.98. The number of likely N-dealkylation sites (N-methyl/N-ethyl adjacent to an activating group) is 1. The summed E-state index contributed by atoms with van der Waals surface area (Å²) >= 11 is 0. The largest absolute Gasteiger partial charge is 0.487 e. The summed E-state index contributed by atoms with van der Waals surface area (Å²) in [5.41, 5.74) is 2.64. The van der Waals surface area contributed by atoms with Crippen molar-refractivity contribution in [3.63, 3.8) is 0 Å². The Morgan fingerprint density at radius 2 is 2.11 bits per heavy atom. The van der Waals surface area contributed by atoms with E-state index in [0.717, 1.165) is 31.8 Å². The zero-order chi connectivity index (χ0) is 12.8. The number of fused-ring (bicyclic) bond motifs is 1. The number of para-hydroxylation sites is 1. The van der Waals surface area contributed by atoms with Gasteiger partial charge in [0.15, 0.2) is 0 Å². The lowest BCUT2D eigenvalue weighted by atomic mass is 10.00. The topological polar surface area (TPSA) is 24.5 Å². The maximum Gasteiger partial charge on any atom is 0.127 e. The monoisotopic (exact) mass is 282 g/mol. The van der Waals surface area contributed by atoms with Gasteiger partial charge >= 0.3 is 0 Å². The number of hydrogen-bond donors (Lipinski definition) is 1. The number of halogens is 1. The van der Waals surface area contributed by atoms with Gasteiger partial charge in [-0.15, -0.1) is 12.4 Å². The zero-order valence-electron chi connectivity index (χ0n) is 11.9. The maximum atomic E-state index is 6.12. The van der Waals surface area contributed by atoms with E-state index in [9.17, 15) is 0 Å². The van der Waals surface area contributed by atoms with E-state index in [1.807, 2.05) is 0 Å². The average molecular weight is 283 g/mol. The summed E-state index contributed by atoms with van der Waals surface area (Å²) in [6.07, 6.45) is 1.02. The summed E-state index contributed by atoms with van der Waals surface area (Å²) in [4.78, 5) is 2.42. The Labute approximate surface area is 121 Å². The number of nitrogens with one attached hydrogen (secondary N) is 1. The Bertz CT molecular complexity index is 457. The first-order valence-electron chi connectivity index (χ1n) is 6.76. The first-order valence-corrected chi connectivity index (χ1v) is 6.76. The zero-order valence-corrected chi connectivity index (χ0v) is 12.7. The second-order valence-corrected chi connectivity index (χ2v) is 6.17. The van der Waals surface area contributed by atoms with Gasteiger partial charge in [-0.25, -0.2) is 0 Å². The number of nitrogens with zero attached hydrogens (tertiary/aromatic N) is 1. The van der Waals surface area contributed by atoms with Gasteiger partial charge in [-0.2, -0.15) is 0 Å². The van der Waals surface area contributed by atoms with Crippen LogP contribution in [0.15, 0.2) is 18.2 Å². The molecular formula is C15H23ClN2O. The van der Waals surface area contributed by atoms with Gasteiger partial charge in [0.2, 0.25) is 0 Å². The molecule has 4 heteroatoms. The second-order valence-electron chi connectivity index (χ2n) is 6.17. The highest BCUT2D eigenvalue weighted by Crippen LogP contribution is 2.38. The van der Waals surface area contributed by atoms with E-state index < -0.39 is 0 Å². The molecule has 3 nitrogen and oxygen atoms in total. The minimum atomic E-state index is -0.0466. The van der Waals surface area contributed by atoms with Crippen LogP contribution in [-0.2, 0) is 13.0 Å². The van der Waals surface area contributed by atoms with E-state index in [1.54, 1.807) is 0 Å². The van der Waals surface area contributed by atoms with Crippen LogP contribution in [-0.4, -0.2) is 36.7 Å². The Balaban J connectivity index is 0.00000133. The highest BCUT2D eigenvalue weighted by atomic mass is 35.5. The molecule has 0 aromatic heterocycles. The summed E-state index contributed by atoms with van der Waals surface area (Å²) in [5, 5.41) is 3.32. The van der Waals surface area contributed by atoms with Crippen LogP contribution in [0.1, 0.15) is 25.0 Å². The molecule has 0 aliphatic carbocycles. The standard InChI is InChI=1S/C15H22N2O.ClH/c1-15(2)7-11-5-4-6-12(14(11)18-15)10-17(3)13-8-16-9-13;/h4-6,13,16H,7-10H2,1-3H3;1H. The van der Waals surface area contributed by atoms with Crippen molar-refractivity contribution in [2.75, 3.05) is 20.1 Å². The van der Waals surface area contributed by atoms with Crippen molar-refractivity contribution in [1.29, 1.82) is 0 Å². The van der Waals surface area contributed by atoms with Crippen LogP contribution in [0.3, 0.4) is 0 Å². The molecule has 0 bridgehead atoms. The van der Waals surface area contributed by atoms with Gasteiger partial charge in [0.05, 0.1) is 0 Å².